The minimum Gasteiger partial charge on any atom is -0.480 e. The molecule has 2 heterocycles. The van der Waals surface area contributed by atoms with E-state index >= 15 is 0 Å². The van der Waals surface area contributed by atoms with E-state index in [4.69, 9.17) is 14.6 Å². The molecule has 1 N–H and O–H groups in total. The third-order valence-electron chi connectivity index (χ3n) is 4.94. The van der Waals surface area contributed by atoms with Crippen LogP contribution in [-0.2, 0) is 25.5 Å². The smallest absolute Gasteiger partial charge is 0.328 e. The van der Waals surface area contributed by atoms with Gasteiger partial charge in [0.2, 0.25) is 5.91 Å². The molecule has 1 fully saturated rings. The normalized spacial score (nSPS) is 18.9. The quantitative estimate of drug-likeness (QED) is 0.645. The number of hydrogen-bond acceptors (Lipinski definition) is 6. The molecule has 1 aromatic rings. The second kappa shape index (κ2) is 8.59. The summed E-state index contributed by atoms with van der Waals surface area (Å²) >= 11 is 0. The molecule has 1 aliphatic heterocycles. The first-order chi connectivity index (χ1) is 12.3. The van der Waals surface area contributed by atoms with E-state index in [1.807, 2.05) is 18.7 Å². The lowest BCUT2D eigenvalue weighted by atomic mass is 9.96. The highest BCUT2D eigenvalue weighted by Crippen LogP contribution is 2.29. The number of hydrogen-bond donors (Lipinski definition) is 1. The summed E-state index contributed by atoms with van der Waals surface area (Å²) in [6, 6.07) is -0.712. The van der Waals surface area contributed by atoms with E-state index in [0.717, 1.165) is 19.4 Å². The maximum absolute atomic E-state index is 12.4. The van der Waals surface area contributed by atoms with Crippen molar-refractivity contribution in [3.63, 3.8) is 0 Å². The number of likely N-dealkylation sites (tertiary alicyclic amines) is 1. The van der Waals surface area contributed by atoms with Gasteiger partial charge in [0.1, 0.15) is 12.6 Å². The van der Waals surface area contributed by atoms with Gasteiger partial charge in [-0.2, -0.15) is 0 Å². The van der Waals surface area contributed by atoms with Crippen molar-refractivity contribution in [3.05, 3.63) is 11.9 Å². The summed E-state index contributed by atoms with van der Waals surface area (Å²) in [5.74, 6) is -1.01. The molecule has 0 aliphatic carbocycles. The summed E-state index contributed by atoms with van der Waals surface area (Å²) in [6.45, 7) is 6.57. The van der Waals surface area contributed by atoms with Crippen LogP contribution in [0.15, 0.2) is 6.20 Å². The molecule has 0 spiro atoms. The Hall–Kier alpha value is -2.00. The molecule has 9 heteroatoms. The highest BCUT2D eigenvalue weighted by Gasteiger charge is 2.39. The van der Waals surface area contributed by atoms with Crippen LogP contribution in [0.1, 0.15) is 45.3 Å². The molecule has 1 aromatic heterocycles. The Labute approximate surface area is 153 Å². The molecule has 1 aliphatic rings. The summed E-state index contributed by atoms with van der Waals surface area (Å²) in [4.78, 5) is 25.2. The Balaban J connectivity index is 1.77. The lowest BCUT2D eigenvalue weighted by Gasteiger charge is -2.36. The van der Waals surface area contributed by atoms with Gasteiger partial charge in [-0.25, -0.2) is 9.48 Å². The SMILES string of the molecule is COC(C)(C)[C@H]1CCCN1C(=O)COCCc1cn(C(C)C(=O)O)nn1. The van der Waals surface area contributed by atoms with Crippen LogP contribution in [0, 0.1) is 0 Å². The molecule has 146 valence electrons. The van der Waals surface area contributed by atoms with Crippen molar-refractivity contribution in [1.82, 2.24) is 19.9 Å². The number of ether oxygens (including phenoxy) is 2. The number of rotatable bonds is 9. The number of carboxylic acid groups (broad SMARTS) is 1. The summed E-state index contributed by atoms with van der Waals surface area (Å²) in [7, 11) is 1.66. The van der Waals surface area contributed by atoms with Crippen LogP contribution in [0.3, 0.4) is 0 Å². The van der Waals surface area contributed by atoms with E-state index in [-0.39, 0.29) is 24.2 Å². The molecule has 1 unspecified atom stereocenters. The van der Waals surface area contributed by atoms with E-state index < -0.39 is 12.0 Å². The van der Waals surface area contributed by atoms with Crippen LogP contribution in [0.5, 0.6) is 0 Å². The lowest BCUT2D eigenvalue weighted by Crippen LogP contribution is -2.50. The lowest BCUT2D eigenvalue weighted by molar-refractivity contribution is -0.143. The molecular weight excluding hydrogens is 340 g/mol. The van der Waals surface area contributed by atoms with Crippen molar-refractivity contribution in [1.29, 1.82) is 0 Å². The molecule has 0 radical (unpaired) electrons. The first kappa shape index (κ1) is 20.3. The number of carbonyl (C=O) groups excluding carboxylic acids is 1. The molecular formula is C17H28N4O5. The van der Waals surface area contributed by atoms with Crippen LogP contribution in [-0.4, -0.2) is 75.4 Å². The molecule has 1 amide bonds. The van der Waals surface area contributed by atoms with Gasteiger partial charge in [0.05, 0.1) is 23.9 Å². The third kappa shape index (κ3) is 4.79. The van der Waals surface area contributed by atoms with Gasteiger partial charge in [-0.15, -0.1) is 5.10 Å². The molecule has 0 aromatic carbocycles. The van der Waals surface area contributed by atoms with Crippen molar-refractivity contribution >= 4 is 11.9 Å². The predicted molar refractivity (Wildman–Crippen MR) is 92.7 cm³/mol. The van der Waals surface area contributed by atoms with Gasteiger partial charge in [0, 0.05) is 26.3 Å². The average molecular weight is 368 g/mol. The molecule has 2 rings (SSSR count). The largest absolute Gasteiger partial charge is 0.480 e. The van der Waals surface area contributed by atoms with Gasteiger partial charge in [-0.05, 0) is 33.6 Å². The third-order valence-corrected chi connectivity index (χ3v) is 4.94. The molecule has 26 heavy (non-hydrogen) atoms. The van der Waals surface area contributed by atoms with Crippen molar-refractivity contribution in [2.45, 2.75) is 57.7 Å². The number of nitrogens with zero attached hydrogens (tertiary/aromatic N) is 4. The fraction of sp³-hybridized carbons (Fsp3) is 0.765. The maximum Gasteiger partial charge on any atom is 0.328 e. The standard InChI is InChI=1S/C17H28N4O5/c1-12(16(23)24)21-10-13(18-19-21)7-9-26-11-15(22)20-8-5-6-14(20)17(2,3)25-4/h10,12,14H,5-9,11H2,1-4H3,(H,23,24)/t12?,14-/m1/s1. The number of carbonyl (C=O) groups is 2. The number of amides is 1. The molecule has 0 bridgehead atoms. The van der Waals surface area contributed by atoms with Crippen molar-refractivity contribution in [2.75, 3.05) is 26.9 Å². The average Bonchev–Trinajstić information content (AvgIpc) is 3.27. The summed E-state index contributed by atoms with van der Waals surface area (Å²) in [6.07, 6.45) is 3.94. The molecule has 2 atom stereocenters. The second-order valence-corrected chi connectivity index (χ2v) is 7.06. The van der Waals surface area contributed by atoms with Crippen LogP contribution in [0.25, 0.3) is 0 Å². The Morgan fingerprint density at radius 2 is 2.19 bits per heavy atom. The molecule has 1 saturated heterocycles. The Morgan fingerprint density at radius 3 is 2.85 bits per heavy atom. The Bertz CT molecular complexity index is 630. The Morgan fingerprint density at radius 1 is 1.46 bits per heavy atom. The second-order valence-electron chi connectivity index (χ2n) is 7.06. The van der Waals surface area contributed by atoms with E-state index in [1.54, 1.807) is 13.3 Å². The van der Waals surface area contributed by atoms with Crippen LogP contribution in [0.4, 0.5) is 0 Å². The predicted octanol–water partition coefficient (Wildman–Crippen LogP) is 0.899. The van der Waals surface area contributed by atoms with Gasteiger partial charge < -0.3 is 19.5 Å². The van der Waals surface area contributed by atoms with Crippen LogP contribution in [0.2, 0.25) is 0 Å². The van der Waals surface area contributed by atoms with Crippen molar-refractivity contribution in [3.8, 4) is 0 Å². The van der Waals surface area contributed by atoms with Crippen molar-refractivity contribution in [2.24, 2.45) is 0 Å². The molecule has 0 saturated carbocycles. The highest BCUT2D eigenvalue weighted by molar-refractivity contribution is 5.78. The van der Waals surface area contributed by atoms with Gasteiger partial charge in [-0.3, -0.25) is 4.79 Å². The van der Waals surface area contributed by atoms with Gasteiger partial charge >= 0.3 is 5.97 Å². The summed E-state index contributed by atoms with van der Waals surface area (Å²) in [5, 5.41) is 16.7. The van der Waals surface area contributed by atoms with Crippen LogP contribution >= 0.6 is 0 Å². The highest BCUT2D eigenvalue weighted by atomic mass is 16.5. The fourth-order valence-electron chi connectivity index (χ4n) is 3.07. The zero-order valence-corrected chi connectivity index (χ0v) is 15.8. The topological polar surface area (TPSA) is 107 Å². The minimum absolute atomic E-state index is 0.00988. The summed E-state index contributed by atoms with van der Waals surface area (Å²) in [5.41, 5.74) is 0.246. The number of methoxy groups -OCH3 is 1. The number of aromatic nitrogens is 3. The van der Waals surface area contributed by atoms with Gasteiger partial charge in [0.15, 0.2) is 0 Å². The Kier molecular flexibility index (Phi) is 6.71. The molecule has 9 nitrogen and oxygen atoms in total. The number of aliphatic carboxylic acids is 1. The van der Waals surface area contributed by atoms with Crippen LogP contribution < -0.4 is 0 Å². The number of carboxylic acids is 1. The zero-order chi connectivity index (χ0) is 19.3. The van der Waals surface area contributed by atoms with E-state index in [0.29, 0.717) is 18.7 Å². The first-order valence-corrected chi connectivity index (χ1v) is 8.82. The zero-order valence-electron chi connectivity index (χ0n) is 15.8. The van der Waals surface area contributed by atoms with Gasteiger partial charge in [0.25, 0.3) is 0 Å². The summed E-state index contributed by atoms with van der Waals surface area (Å²) < 4.78 is 12.3. The van der Waals surface area contributed by atoms with Gasteiger partial charge in [-0.1, -0.05) is 5.21 Å². The van der Waals surface area contributed by atoms with E-state index in [2.05, 4.69) is 10.3 Å². The van der Waals surface area contributed by atoms with Crippen molar-refractivity contribution < 1.29 is 24.2 Å². The fourth-order valence-corrected chi connectivity index (χ4v) is 3.07. The minimum atomic E-state index is -0.970. The van der Waals surface area contributed by atoms with E-state index in [1.165, 1.54) is 11.6 Å². The first-order valence-electron chi connectivity index (χ1n) is 8.82. The monoisotopic (exact) mass is 368 g/mol. The van der Waals surface area contributed by atoms with E-state index in [9.17, 15) is 9.59 Å². The maximum atomic E-state index is 12.4.